The van der Waals surface area contributed by atoms with Crippen LogP contribution in [0.2, 0.25) is 0 Å². The SMILES string of the molecule is CC1CN(C(N)=NCc2nc(-c3ccc(Br)cc3)n[nH]2)CCO1. The number of aromatic nitrogens is 3. The second kappa shape index (κ2) is 7.10. The fourth-order valence-electron chi connectivity index (χ4n) is 2.38. The number of hydrogen-bond acceptors (Lipinski definition) is 4. The molecule has 1 unspecified atom stereocenters. The number of guanidine groups is 1. The lowest BCUT2D eigenvalue weighted by atomic mass is 10.2. The van der Waals surface area contributed by atoms with Gasteiger partial charge in [0.2, 0.25) is 0 Å². The lowest BCUT2D eigenvalue weighted by Gasteiger charge is -2.31. The Morgan fingerprint density at radius 2 is 2.26 bits per heavy atom. The van der Waals surface area contributed by atoms with Crippen molar-refractivity contribution in [1.29, 1.82) is 0 Å². The van der Waals surface area contributed by atoms with E-state index in [-0.39, 0.29) is 6.10 Å². The van der Waals surface area contributed by atoms with E-state index in [2.05, 4.69) is 36.1 Å². The van der Waals surface area contributed by atoms with Crippen LogP contribution in [0, 0.1) is 0 Å². The molecule has 2 aromatic rings. The topological polar surface area (TPSA) is 92.4 Å². The number of nitrogens with zero attached hydrogens (tertiary/aromatic N) is 4. The Kier molecular flexibility index (Phi) is 4.92. The van der Waals surface area contributed by atoms with Crippen molar-refractivity contribution in [1.82, 2.24) is 20.1 Å². The Labute approximate surface area is 143 Å². The van der Waals surface area contributed by atoms with Crippen LogP contribution in [0.5, 0.6) is 0 Å². The third-order valence-corrected chi connectivity index (χ3v) is 4.12. The zero-order valence-corrected chi connectivity index (χ0v) is 14.5. The highest BCUT2D eigenvalue weighted by atomic mass is 79.9. The number of H-pyrrole nitrogens is 1. The van der Waals surface area contributed by atoms with E-state index in [4.69, 9.17) is 10.5 Å². The van der Waals surface area contributed by atoms with Crippen molar-refractivity contribution in [3.63, 3.8) is 0 Å². The molecule has 0 aliphatic carbocycles. The smallest absolute Gasteiger partial charge is 0.191 e. The Morgan fingerprint density at radius 3 is 3.00 bits per heavy atom. The number of benzene rings is 1. The summed E-state index contributed by atoms with van der Waals surface area (Å²) in [5.74, 6) is 1.86. The van der Waals surface area contributed by atoms with Gasteiger partial charge < -0.3 is 15.4 Å². The van der Waals surface area contributed by atoms with E-state index < -0.39 is 0 Å². The predicted octanol–water partition coefficient (Wildman–Crippen LogP) is 1.77. The summed E-state index contributed by atoms with van der Waals surface area (Å²) in [6.45, 7) is 4.60. The third-order valence-electron chi connectivity index (χ3n) is 3.59. The molecule has 3 N–H and O–H groups in total. The first-order valence-corrected chi connectivity index (χ1v) is 8.25. The first-order valence-electron chi connectivity index (χ1n) is 7.45. The Balaban J connectivity index is 1.64. The van der Waals surface area contributed by atoms with Gasteiger partial charge in [0, 0.05) is 23.1 Å². The van der Waals surface area contributed by atoms with Crippen LogP contribution in [0.4, 0.5) is 0 Å². The second-order valence-electron chi connectivity index (χ2n) is 5.41. The van der Waals surface area contributed by atoms with Gasteiger partial charge in [-0.05, 0) is 19.1 Å². The summed E-state index contributed by atoms with van der Waals surface area (Å²) in [5, 5.41) is 7.13. The van der Waals surface area contributed by atoms with Crippen LogP contribution in [-0.4, -0.2) is 51.8 Å². The molecule has 122 valence electrons. The van der Waals surface area contributed by atoms with Gasteiger partial charge in [-0.3, -0.25) is 5.10 Å². The zero-order valence-electron chi connectivity index (χ0n) is 12.9. The van der Waals surface area contributed by atoms with Crippen LogP contribution in [0.3, 0.4) is 0 Å². The molecule has 1 atom stereocenters. The highest BCUT2D eigenvalue weighted by Gasteiger charge is 2.18. The van der Waals surface area contributed by atoms with Gasteiger partial charge >= 0.3 is 0 Å². The number of ether oxygens (including phenoxy) is 1. The van der Waals surface area contributed by atoms with Gasteiger partial charge in [0.25, 0.3) is 0 Å². The normalized spacial score (nSPS) is 19.1. The fourth-order valence-corrected chi connectivity index (χ4v) is 2.64. The van der Waals surface area contributed by atoms with Gasteiger partial charge in [-0.1, -0.05) is 28.1 Å². The van der Waals surface area contributed by atoms with Crippen LogP contribution in [-0.2, 0) is 11.3 Å². The molecule has 0 spiro atoms. The molecule has 1 saturated heterocycles. The van der Waals surface area contributed by atoms with Crippen LogP contribution < -0.4 is 5.73 Å². The number of rotatable bonds is 3. The molecule has 2 heterocycles. The van der Waals surface area contributed by atoms with Crippen molar-refractivity contribution in [3.8, 4) is 11.4 Å². The van der Waals surface area contributed by atoms with Crippen LogP contribution in [0.1, 0.15) is 12.7 Å². The van der Waals surface area contributed by atoms with E-state index in [0.29, 0.717) is 30.8 Å². The van der Waals surface area contributed by atoms with E-state index in [9.17, 15) is 0 Å². The molecule has 3 rings (SSSR count). The van der Waals surface area contributed by atoms with Gasteiger partial charge in [-0.15, -0.1) is 0 Å². The standard InChI is InChI=1S/C15H19BrN6O/c1-10-9-22(6-7-23-10)15(17)18-8-13-19-14(21-20-13)11-2-4-12(16)5-3-11/h2-5,10H,6-9H2,1H3,(H2,17,18)(H,19,20,21). The summed E-state index contributed by atoms with van der Waals surface area (Å²) < 4.78 is 6.52. The molecule has 1 aliphatic rings. The monoisotopic (exact) mass is 378 g/mol. The van der Waals surface area contributed by atoms with Crippen LogP contribution in [0.25, 0.3) is 11.4 Å². The van der Waals surface area contributed by atoms with Crippen molar-refractivity contribution in [2.45, 2.75) is 19.6 Å². The number of hydrogen-bond donors (Lipinski definition) is 2. The summed E-state index contributed by atoms with van der Waals surface area (Å²) in [7, 11) is 0. The van der Waals surface area contributed by atoms with Crippen molar-refractivity contribution < 1.29 is 4.74 Å². The summed E-state index contributed by atoms with van der Waals surface area (Å²) in [4.78, 5) is 10.9. The van der Waals surface area contributed by atoms with Crippen molar-refractivity contribution in [2.75, 3.05) is 19.7 Å². The molecular formula is C15H19BrN6O. The first-order chi connectivity index (χ1) is 11.1. The van der Waals surface area contributed by atoms with Crippen molar-refractivity contribution in [2.24, 2.45) is 10.7 Å². The minimum Gasteiger partial charge on any atom is -0.375 e. The lowest BCUT2D eigenvalue weighted by Crippen LogP contribution is -2.47. The average molecular weight is 379 g/mol. The molecule has 0 radical (unpaired) electrons. The maximum atomic E-state index is 6.05. The number of nitrogens with two attached hydrogens (primary N) is 1. The molecule has 23 heavy (non-hydrogen) atoms. The fraction of sp³-hybridized carbons (Fsp3) is 0.400. The molecule has 0 bridgehead atoms. The number of aromatic amines is 1. The predicted molar refractivity (Wildman–Crippen MR) is 91.8 cm³/mol. The van der Waals surface area contributed by atoms with E-state index in [0.717, 1.165) is 23.1 Å². The van der Waals surface area contributed by atoms with Gasteiger partial charge in [-0.2, -0.15) is 5.10 Å². The van der Waals surface area contributed by atoms with Gasteiger partial charge in [0.05, 0.1) is 12.7 Å². The molecule has 7 nitrogen and oxygen atoms in total. The average Bonchev–Trinajstić information content (AvgIpc) is 3.02. The number of halogens is 1. The molecule has 0 amide bonds. The number of aliphatic imine (C=N–C) groups is 1. The summed E-state index contributed by atoms with van der Waals surface area (Å²) in [6.07, 6.45) is 0.173. The maximum Gasteiger partial charge on any atom is 0.191 e. The Morgan fingerprint density at radius 1 is 1.48 bits per heavy atom. The first kappa shape index (κ1) is 15.9. The molecule has 8 heteroatoms. The lowest BCUT2D eigenvalue weighted by molar-refractivity contribution is 0.00528. The highest BCUT2D eigenvalue weighted by molar-refractivity contribution is 9.10. The van der Waals surface area contributed by atoms with Crippen LogP contribution in [0.15, 0.2) is 33.7 Å². The molecule has 1 aromatic carbocycles. The van der Waals surface area contributed by atoms with E-state index in [1.807, 2.05) is 36.1 Å². The summed E-state index contributed by atoms with van der Waals surface area (Å²) in [5.41, 5.74) is 7.00. The largest absolute Gasteiger partial charge is 0.375 e. The van der Waals surface area contributed by atoms with Crippen molar-refractivity contribution in [3.05, 3.63) is 34.6 Å². The van der Waals surface area contributed by atoms with Crippen LogP contribution >= 0.6 is 15.9 Å². The Hall–Kier alpha value is -1.93. The van der Waals surface area contributed by atoms with E-state index in [1.54, 1.807) is 0 Å². The molecule has 0 saturated carbocycles. The maximum absolute atomic E-state index is 6.05. The molecule has 1 aromatic heterocycles. The Bertz CT molecular complexity index is 684. The summed E-state index contributed by atoms with van der Waals surface area (Å²) in [6, 6.07) is 7.84. The zero-order chi connectivity index (χ0) is 16.2. The minimum atomic E-state index is 0.173. The van der Waals surface area contributed by atoms with Gasteiger partial charge in [0.15, 0.2) is 11.8 Å². The molecule has 1 fully saturated rings. The molecule has 1 aliphatic heterocycles. The van der Waals surface area contributed by atoms with Gasteiger partial charge in [-0.25, -0.2) is 9.98 Å². The molecular weight excluding hydrogens is 360 g/mol. The third kappa shape index (κ3) is 4.08. The quantitative estimate of drug-likeness (QED) is 0.627. The highest BCUT2D eigenvalue weighted by Crippen LogP contribution is 2.18. The van der Waals surface area contributed by atoms with E-state index in [1.165, 1.54) is 0 Å². The van der Waals surface area contributed by atoms with E-state index >= 15 is 0 Å². The number of morpholine rings is 1. The number of nitrogens with one attached hydrogen (secondary N) is 1. The van der Waals surface area contributed by atoms with Gasteiger partial charge in [0.1, 0.15) is 12.4 Å². The minimum absolute atomic E-state index is 0.173. The summed E-state index contributed by atoms with van der Waals surface area (Å²) >= 11 is 3.41. The van der Waals surface area contributed by atoms with Crippen molar-refractivity contribution >= 4 is 21.9 Å². The second-order valence-corrected chi connectivity index (χ2v) is 6.33.